The summed E-state index contributed by atoms with van der Waals surface area (Å²) in [4.78, 5) is 24.8. The number of nitrogens with zero attached hydrogens (tertiary/aromatic N) is 1. The van der Waals surface area contributed by atoms with Crippen LogP contribution in [0.2, 0.25) is 5.02 Å². The first-order valence-electron chi connectivity index (χ1n) is 9.84. The molecule has 1 aromatic heterocycles. The van der Waals surface area contributed by atoms with Crippen molar-refractivity contribution in [3.8, 4) is 0 Å². The topological polar surface area (TPSA) is 107 Å². The first-order valence-corrected chi connectivity index (χ1v) is 10.2. The van der Waals surface area contributed by atoms with Gasteiger partial charge >= 0.3 is 0 Å². The summed E-state index contributed by atoms with van der Waals surface area (Å²) < 4.78 is 0. The quantitative estimate of drug-likeness (QED) is 0.450. The lowest BCUT2D eigenvalue weighted by molar-refractivity contribution is -0.132. The number of aromatic amines is 1. The van der Waals surface area contributed by atoms with Gasteiger partial charge in [-0.25, -0.2) is 0 Å². The molecule has 2 atom stereocenters. The molecule has 2 aromatic carbocycles. The van der Waals surface area contributed by atoms with Crippen LogP contribution in [-0.4, -0.2) is 33.2 Å². The van der Waals surface area contributed by atoms with Crippen LogP contribution in [0.1, 0.15) is 43.7 Å². The summed E-state index contributed by atoms with van der Waals surface area (Å²) in [6, 6.07) is 17.1. The zero-order valence-electron chi connectivity index (χ0n) is 17.5. The molecule has 0 fully saturated rings. The molecule has 1 heterocycles. The smallest absolute Gasteiger partial charge is 0.254 e. The number of amides is 2. The van der Waals surface area contributed by atoms with Gasteiger partial charge in [-0.05, 0) is 30.2 Å². The lowest BCUT2D eigenvalue weighted by atomic mass is 9.82. The number of aliphatic hydroxyl groups excluding tert-OH is 1. The Kier molecular flexibility index (Phi) is 6.77. The van der Waals surface area contributed by atoms with Crippen molar-refractivity contribution >= 4 is 29.2 Å². The minimum absolute atomic E-state index is 0.334. The molecule has 162 valence electrons. The molecule has 3 aromatic rings. The second-order valence-electron chi connectivity index (χ2n) is 7.83. The lowest BCUT2D eigenvalue weighted by Gasteiger charge is -2.23. The Morgan fingerprint density at radius 1 is 1.06 bits per heavy atom. The molecule has 31 heavy (non-hydrogen) atoms. The van der Waals surface area contributed by atoms with E-state index in [0.717, 1.165) is 11.3 Å². The van der Waals surface area contributed by atoms with Crippen molar-refractivity contribution in [3.63, 3.8) is 0 Å². The summed E-state index contributed by atoms with van der Waals surface area (Å²) in [5.41, 5.74) is 1.99. The van der Waals surface area contributed by atoms with Gasteiger partial charge in [-0.1, -0.05) is 67.9 Å². The second kappa shape index (κ2) is 9.32. The van der Waals surface area contributed by atoms with Gasteiger partial charge in [-0.15, -0.1) is 0 Å². The first-order chi connectivity index (χ1) is 14.7. The zero-order chi connectivity index (χ0) is 22.6. The van der Waals surface area contributed by atoms with Gasteiger partial charge in [-0.2, -0.15) is 5.10 Å². The number of anilines is 1. The van der Waals surface area contributed by atoms with E-state index >= 15 is 0 Å². The van der Waals surface area contributed by atoms with Crippen molar-refractivity contribution in [1.82, 2.24) is 15.5 Å². The fraction of sp³-hybridized carbons (Fsp3) is 0.261. The molecular formula is C23H25ClN4O3. The summed E-state index contributed by atoms with van der Waals surface area (Å²) in [7, 11) is 0. The molecule has 0 saturated carbocycles. The summed E-state index contributed by atoms with van der Waals surface area (Å²) in [6.45, 7) is 5.65. The summed E-state index contributed by atoms with van der Waals surface area (Å²) in [5, 5.41) is 23.0. The van der Waals surface area contributed by atoms with Crippen LogP contribution < -0.4 is 10.6 Å². The average Bonchev–Trinajstić information content (AvgIpc) is 3.23. The standard InChI is InChI=1S/C23H25ClN4O3/c1-14(25-22(31)20(29)15-9-11-17(24)12-10-15)21(30)26-19-13-18(27-28-19)23(2,3)16-7-5-4-6-8-16/h4-14,20,29H,1-3H3,(H,25,31)(H2,26,27,28,30)/t14-,20-/m0/s1. The highest BCUT2D eigenvalue weighted by Gasteiger charge is 2.27. The van der Waals surface area contributed by atoms with Crippen LogP contribution in [0.15, 0.2) is 60.7 Å². The molecule has 0 spiro atoms. The fourth-order valence-electron chi connectivity index (χ4n) is 3.11. The van der Waals surface area contributed by atoms with Crippen molar-refractivity contribution in [3.05, 3.63) is 82.5 Å². The van der Waals surface area contributed by atoms with Gasteiger partial charge in [0.25, 0.3) is 5.91 Å². The van der Waals surface area contributed by atoms with E-state index in [9.17, 15) is 14.7 Å². The molecule has 0 aliphatic rings. The van der Waals surface area contributed by atoms with Crippen molar-refractivity contribution in [2.75, 3.05) is 5.32 Å². The third kappa shape index (κ3) is 5.31. The molecule has 0 radical (unpaired) electrons. The maximum absolute atomic E-state index is 12.5. The molecule has 7 nitrogen and oxygen atoms in total. The van der Waals surface area contributed by atoms with Gasteiger partial charge < -0.3 is 15.7 Å². The molecular weight excluding hydrogens is 416 g/mol. The minimum atomic E-state index is -1.41. The number of aromatic nitrogens is 2. The van der Waals surface area contributed by atoms with Crippen molar-refractivity contribution in [1.29, 1.82) is 0 Å². The van der Waals surface area contributed by atoms with Gasteiger partial charge in [0.1, 0.15) is 6.04 Å². The maximum Gasteiger partial charge on any atom is 0.254 e. The molecule has 3 rings (SSSR count). The number of carbonyl (C=O) groups excluding carboxylic acids is 2. The Bertz CT molecular complexity index is 1050. The maximum atomic E-state index is 12.5. The Morgan fingerprint density at radius 2 is 1.71 bits per heavy atom. The zero-order valence-corrected chi connectivity index (χ0v) is 18.3. The number of hydrogen-bond acceptors (Lipinski definition) is 4. The predicted molar refractivity (Wildman–Crippen MR) is 120 cm³/mol. The number of benzene rings is 2. The molecule has 4 N–H and O–H groups in total. The summed E-state index contributed by atoms with van der Waals surface area (Å²) in [6.07, 6.45) is -1.41. The first kappa shape index (κ1) is 22.5. The van der Waals surface area contributed by atoms with Gasteiger partial charge in [0, 0.05) is 22.2 Å². The normalized spacial score (nSPS) is 13.3. The van der Waals surface area contributed by atoms with E-state index in [4.69, 9.17) is 11.6 Å². The summed E-state index contributed by atoms with van der Waals surface area (Å²) in [5.74, 6) is -0.784. The van der Waals surface area contributed by atoms with Crippen molar-refractivity contribution in [2.24, 2.45) is 0 Å². The van der Waals surface area contributed by atoms with Gasteiger partial charge in [0.05, 0.1) is 0 Å². The third-order valence-electron chi connectivity index (χ3n) is 5.18. The summed E-state index contributed by atoms with van der Waals surface area (Å²) >= 11 is 5.82. The Morgan fingerprint density at radius 3 is 2.35 bits per heavy atom. The number of carbonyl (C=O) groups is 2. The largest absolute Gasteiger partial charge is 0.378 e. The van der Waals surface area contributed by atoms with E-state index in [1.807, 2.05) is 30.3 Å². The van der Waals surface area contributed by atoms with Gasteiger partial charge in [0.2, 0.25) is 5.91 Å². The van der Waals surface area contributed by atoms with Gasteiger partial charge in [-0.3, -0.25) is 14.7 Å². The number of nitrogens with one attached hydrogen (secondary N) is 3. The third-order valence-corrected chi connectivity index (χ3v) is 5.44. The van der Waals surface area contributed by atoms with Crippen LogP contribution in [-0.2, 0) is 15.0 Å². The van der Waals surface area contributed by atoms with Crippen LogP contribution in [0, 0.1) is 0 Å². The van der Waals surface area contributed by atoms with E-state index in [0.29, 0.717) is 16.4 Å². The monoisotopic (exact) mass is 440 g/mol. The number of hydrogen-bond donors (Lipinski definition) is 4. The van der Waals surface area contributed by atoms with Crippen LogP contribution in [0.25, 0.3) is 0 Å². The van der Waals surface area contributed by atoms with E-state index < -0.39 is 24.0 Å². The van der Waals surface area contributed by atoms with E-state index in [2.05, 4.69) is 34.7 Å². The van der Waals surface area contributed by atoms with E-state index in [1.165, 1.54) is 6.92 Å². The fourth-order valence-corrected chi connectivity index (χ4v) is 3.23. The molecule has 0 saturated heterocycles. The lowest BCUT2D eigenvalue weighted by Crippen LogP contribution is -2.43. The van der Waals surface area contributed by atoms with Crippen LogP contribution in [0.3, 0.4) is 0 Å². The Hall–Kier alpha value is -3.16. The number of H-pyrrole nitrogens is 1. The molecule has 0 unspecified atom stereocenters. The second-order valence-corrected chi connectivity index (χ2v) is 8.27. The molecule has 0 aliphatic carbocycles. The predicted octanol–water partition coefficient (Wildman–Crippen LogP) is 3.57. The minimum Gasteiger partial charge on any atom is -0.378 e. The van der Waals surface area contributed by atoms with E-state index in [1.54, 1.807) is 30.3 Å². The van der Waals surface area contributed by atoms with Crippen LogP contribution >= 0.6 is 11.6 Å². The highest BCUT2D eigenvalue weighted by Crippen LogP contribution is 2.31. The number of halogens is 1. The van der Waals surface area contributed by atoms with Gasteiger partial charge in [0.15, 0.2) is 11.9 Å². The van der Waals surface area contributed by atoms with Crippen molar-refractivity contribution in [2.45, 2.75) is 38.3 Å². The number of aliphatic hydroxyl groups is 1. The molecule has 8 heteroatoms. The molecule has 0 bridgehead atoms. The highest BCUT2D eigenvalue weighted by molar-refractivity contribution is 6.30. The Balaban J connectivity index is 1.61. The van der Waals surface area contributed by atoms with Crippen LogP contribution in [0.5, 0.6) is 0 Å². The highest BCUT2D eigenvalue weighted by atomic mass is 35.5. The molecule has 0 aliphatic heterocycles. The molecule has 2 amide bonds. The Labute approximate surface area is 185 Å². The SMILES string of the molecule is C[C@H](NC(=O)[C@@H](O)c1ccc(Cl)cc1)C(=O)Nc1cc(C(C)(C)c2ccccc2)[nH]n1. The van der Waals surface area contributed by atoms with Crippen molar-refractivity contribution < 1.29 is 14.7 Å². The average molecular weight is 441 g/mol. The van der Waals surface area contributed by atoms with Crippen LogP contribution in [0.4, 0.5) is 5.82 Å². The van der Waals surface area contributed by atoms with E-state index in [-0.39, 0.29) is 5.41 Å². The number of rotatable bonds is 7.